The van der Waals surface area contributed by atoms with Crippen LogP contribution in [0, 0.1) is 11.3 Å². The number of hydrogen-bond donors (Lipinski definition) is 1. The van der Waals surface area contributed by atoms with Crippen molar-refractivity contribution >= 4 is 23.4 Å². The van der Waals surface area contributed by atoms with Crippen molar-refractivity contribution in [1.29, 1.82) is 5.26 Å². The zero-order valence-electron chi connectivity index (χ0n) is 19.4. The van der Waals surface area contributed by atoms with Crippen molar-refractivity contribution in [3.8, 4) is 28.7 Å². The number of nitrogens with zero attached hydrogens (tertiary/aromatic N) is 3. The van der Waals surface area contributed by atoms with Crippen LogP contribution in [0.1, 0.15) is 16.8 Å². The fourth-order valence-electron chi connectivity index (χ4n) is 4.04. The minimum Gasteiger partial charge on any atom is -0.497 e. The normalized spacial score (nSPS) is 13.0. The van der Waals surface area contributed by atoms with E-state index < -0.39 is 0 Å². The molecular formula is C26H26N4O3S. The number of pyridine rings is 1. The summed E-state index contributed by atoms with van der Waals surface area (Å²) >= 11 is 1.27. The molecule has 0 aliphatic carbocycles. The highest BCUT2D eigenvalue weighted by Crippen LogP contribution is 2.42. The van der Waals surface area contributed by atoms with E-state index >= 15 is 0 Å². The van der Waals surface area contributed by atoms with Crippen molar-refractivity contribution in [2.45, 2.75) is 18.0 Å². The third kappa shape index (κ3) is 5.01. The van der Waals surface area contributed by atoms with Crippen LogP contribution in [0.5, 0.6) is 11.5 Å². The van der Waals surface area contributed by atoms with Crippen LogP contribution in [0.15, 0.2) is 53.6 Å². The number of rotatable bonds is 7. The summed E-state index contributed by atoms with van der Waals surface area (Å²) in [6.07, 6.45) is 0.764. The van der Waals surface area contributed by atoms with Crippen molar-refractivity contribution in [1.82, 2.24) is 9.88 Å². The topological polar surface area (TPSA) is 87.5 Å². The molecule has 0 saturated carbocycles. The van der Waals surface area contributed by atoms with Gasteiger partial charge in [0.2, 0.25) is 5.91 Å². The number of hydrogen-bond acceptors (Lipinski definition) is 7. The molecular weight excluding hydrogens is 448 g/mol. The lowest BCUT2D eigenvalue weighted by Crippen LogP contribution is -2.28. The maximum atomic E-state index is 12.6. The summed E-state index contributed by atoms with van der Waals surface area (Å²) in [6, 6.07) is 17.2. The van der Waals surface area contributed by atoms with Gasteiger partial charge in [-0.15, -0.1) is 0 Å². The average molecular weight is 475 g/mol. The monoisotopic (exact) mass is 474 g/mol. The van der Waals surface area contributed by atoms with Gasteiger partial charge >= 0.3 is 0 Å². The molecule has 0 spiro atoms. The molecule has 1 N–H and O–H groups in total. The first-order valence-corrected chi connectivity index (χ1v) is 11.9. The Morgan fingerprint density at radius 1 is 1.21 bits per heavy atom. The maximum Gasteiger partial charge on any atom is 0.234 e. The van der Waals surface area contributed by atoms with Gasteiger partial charge in [-0.3, -0.25) is 4.79 Å². The molecule has 7 nitrogen and oxygen atoms in total. The quantitative estimate of drug-likeness (QED) is 0.509. The van der Waals surface area contributed by atoms with Gasteiger partial charge in [0.05, 0.1) is 25.5 Å². The number of anilines is 1. The Kier molecular flexibility index (Phi) is 7.36. The van der Waals surface area contributed by atoms with Crippen LogP contribution in [0.4, 0.5) is 5.69 Å². The minimum absolute atomic E-state index is 0.143. The highest BCUT2D eigenvalue weighted by molar-refractivity contribution is 8.00. The number of carbonyl (C=O) groups excluding carboxylic acids is 1. The SMILES string of the molecule is COc1ccc(OC)c(-c2c(C#N)c(SCC(=O)Nc3ccccc3)nc3c2CN(C)CC3)c1. The molecule has 0 fully saturated rings. The smallest absolute Gasteiger partial charge is 0.234 e. The molecule has 174 valence electrons. The molecule has 1 aromatic heterocycles. The van der Waals surface area contributed by atoms with Gasteiger partial charge < -0.3 is 19.7 Å². The molecule has 1 aliphatic rings. The Morgan fingerprint density at radius 3 is 2.71 bits per heavy atom. The van der Waals surface area contributed by atoms with E-state index in [1.54, 1.807) is 14.2 Å². The van der Waals surface area contributed by atoms with Crippen molar-refractivity contribution in [2.24, 2.45) is 0 Å². The summed E-state index contributed by atoms with van der Waals surface area (Å²) in [4.78, 5) is 19.6. The van der Waals surface area contributed by atoms with E-state index in [-0.39, 0.29) is 11.7 Å². The number of ether oxygens (including phenoxy) is 2. The fourth-order valence-corrected chi connectivity index (χ4v) is 4.84. The third-order valence-electron chi connectivity index (χ3n) is 5.69. The van der Waals surface area contributed by atoms with Crippen molar-refractivity contribution in [3.63, 3.8) is 0 Å². The van der Waals surface area contributed by atoms with Crippen LogP contribution in [-0.4, -0.2) is 49.4 Å². The molecule has 4 rings (SSSR count). The van der Waals surface area contributed by atoms with Crippen LogP contribution >= 0.6 is 11.8 Å². The molecule has 2 heterocycles. The molecule has 0 saturated heterocycles. The molecule has 2 aromatic carbocycles. The average Bonchev–Trinajstić information content (AvgIpc) is 2.86. The zero-order valence-corrected chi connectivity index (χ0v) is 20.2. The van der Waals surface area contributed by atoms with E-state index in [9.17, 15) is 10.1 Å². The summed E-state index contributed by atoms with van der Waals surface area (Å²) in [6.45, 7) is 1.55. The number of carbonyl (C=O) groups is 1. The predicted octanol–water partition coefficient (Wildman–Crippen LogP) is 4.36. The second-order valence-corrected chi connectivity index (χ2v) is 8.92. The maximum absolute atomic E-state index is 12.6. The molecule has 1 amide bonds. The molecule has 34 heavy (non-hydrogen) atoms. The van der Waals surface area contributed by atoms with E-state index in [0.29, 0.717) is 28.6 Å². The van der Waals surface area contributed by atoms with E-state index in [2.05, 4.69) is 23.3 Å². The lowest BCUT2D eigenvalue weighted by molar-refractivity contribution is -0.113. The first kappa shape index (κ1) is 23.6. The van der Waals surface area contributed by atoms with Gasteiger partial charge in [0.25, 0.3) is 0 Å². The third-order valence-corrected chi connectivity index (χ3v) is 6.67. The molecule has 8 heteroatoms. The number of amides is 1. The summed E-state index contributed by atoms with van der Waals surface area (Å²) in [5.41, 5.74) is 4.71. The lowest BCUT2D eigenvalue weighted by atomic mass is 9.91. The Bertz CT molecular complexity index is 1240. The van der Waals surface area contributed by atoms with Gasteiger partial charge in [-0.05, 0) is 42.9 Å². The van der Waals surface area contributed by atoms with Crippen LogP contribution in [-0.2, 0) is 17.8 Å². The van der Waals surface area contributed by atoms with Gasteiger partial charge in [0, 0.05) is 42.0 Å². The summed E-state index contributed by atoms with van der Waals surface area (Å²) < 4.78 is 11.1. The Labute approximate surface area is 203 Å². The summed E-state index contributed by atoms with van der Waals surface area (Å²) in [5, 5.41) is 13.7. The number of benzene rings is 2. The molecule has 3 aromatic rings. The molecule has 1 aliphatic heterocycles. The molecule has 0 atom stereocenters. The van der Waals surface area contributed by atoms with Crippen LogP contribution in [0.25, 0.3) is 11.1 Å². The number of para-hydroxylation sites is 1. The van der Waals surface area contributed by atoms with Gasteiger partial charge in [0.15, 0.2) is 0 Å². The number of fused-ring (bicyclic) bond motifs is 1. The molecule has 0 bridgehead atoms. The van der Waals surface area contributed by atoms with E-state index in [0.717, 1.165) is 41.0 Å². The zero-order chi connectivity index (χ0) is 24.1. The predicted molar refractivity (Wildman–Crippen MR) is 133 cm³/mol. The number of thioether (sulfide) groups is 1. The first-order valence-electron chi connectivity index (χ1n) is 10.9. The van der Waals surface area contributed by atoms with Gasteiger partial charge in [-0.2, -0.15) is 5.26 Å². The molecule has 0 radical (unpaired) electrons. The standard InChI is InChI=1S/C26H26N4O3S/c1-30-12-11-22-21(15-30)25(19-13-18(32-2)9-10-23(19)33-3)20(14-27)26(29-22)34-16-24(31)28-17-7-5-4-6-8-17/h4-10,13H,11-12,15-16H2,1-3H3,(H,28,31). The summed E-state index contributed by atoms with van der Waals surface area (Å²) in [7, 11) is 5.28. The Morgan fingerprint density at radius 2 is 2.00 bits per heavy atom. The first-order chi connectivity index (χ1) is 16.5. The Hall–Kier alpha value is -3.54. The van der Waals surface area contributed by atoms with Gasteiger partial charge in [-0.1, -0.05) is 30.0 Å². The summed E-state index contributed by atoms with van der Waals surface area (Å²) in [5.74, 6) is 1.31. The van der Waals surface area contributed by atoms with E-state index in [4.69, 9.17) is 14.5 Å². The number of likely N-dealkylation sites (N-methyl/N-ethyl adjacent to an activating group) is 1. The Balaban J connectivity index is 1.76. The van der Waals surface area contributed by atoms with E-state index in [1.807, 2.05) is 48.5 Å². The highest BCUT2D eigenvalue weighted by Gasteiger charge is 2.27. The van der Waals surface area contributed by atoms with E-state index in [1.165, 1.54) is 11.8 Å². The van der Waals surface area contributed by atoms with Gasteiger partial charge in [0.1, 0.15) is 22.6 Å². The number of aromatic nitrogens is 1. The fraction of sp³-hybridized carbons (Fsp3) is 0.269. The van der Waals surface area contributed by atoms with Crippen molar-refractivity contribution in [2.75, 3.05) is 38.9 Å². The van der Waals surface area contributed by atoms with Crippen LogP contribution in [0.3, 0.4) is 0 Å². The van der Waals surface area contributed by atoms with Crippen LogP contribution in [0.2, 0.25) is 0 Å². The number of methoxy groups -OCH3 is 2. The lowest BCUT2D eigenvalue weighted by Gasteiger charge is -2.28. The number of nitrogens with one attached hydrogen (secondary N) is 1. The van der Waals surface area contributed by atoms with Crippen molar-refractivity contribution in [3.05, 3.63) is 65.4 Å². The second kappa shape index (κ2) is 10.6. The molecule has 0 unspecified atom stereocenters. The second-order valence-electron chi connectivity index (χ2n) is 7.96. The van der Waals surface area contributed by atoms with Crippen molar-refractivity contribution < 1.29 is 14.3 Å². The van der Waals surface area contributed by atoms with Crippen LogP contribution < -0.4 is 14.8 Å². The largest absolute Gasteiger partial charge is 0.497 e. The highest BCUT2D eigenvalue weighted by atomic mass is 32.2. The number of nitriles is 1. The van der Waals surface area contributed by atoms with Gasteiger partial charge in [-0.25, -0.2) is 4.98 Å². The minimum atomic E-state index is -0.153.